The van der Waals surface area contributed by atoms with Crippen molar-refractivity contribution in [3.8, 4) is 0 Å². The van der Waals surface area contributed by atoms with E-state index in [9.17, 15) is 4.79 Å². The average molecular weight is 160 g/mol. The van der Waals surface area contributed by atoms with Gasteiger partial charge in [-0.05, 0) is 14.0 Å². The van der Waals surface area contributed by atoms with Gasteiger partial charge in [0.15, 0.2) is 0 Å². The molecule has 0 radical (unpaired) electrons. The van der Waals surface area contributed by atoms with Crippen molar-refractivity contribution in [3.63, 3.8) is 0 Å². The van der Waals surface area contributed by atoms with Crippen LogP contribution in [-0.2, 0) is 4.79 Å². The molecule has 0 aromatic rings. The molecule has 0 unspecified atom stereocenters. The van der Waals surface area contributed by atoms with E-state index in [2.05, 4.69) is 10.6 Å². The van der Waals surface area contributed by atoms with E-state index in [0.29, 0.717) is 13.0 Å². The Morgan fingerprint density at radius 1 is 1.64 bits per heavy atom. The van der Waals surface area contributed by atoms with Gasteiger partial charge in [-0.25, -0.2) is 0 Å². The van der Waals surface area contributed by atoms with Crippen molar-refractivity contribution < 1.29 is 9.90 Å². The molecule has 11 heavy (non-hydrogen) atoms. The van der Waals surface area contributed by atoms with Gasteiger partial charge in [-0.3, -0.25) is 4.79 Å². The van der Waals surface area contributed by atoms with E-state index >= 15 is 0 Å². The Morgan fingerprint density at radius 3 is 2.73 bits per heavy atom. The summed E-state index contributed by atoms with van der Waals surface area (Å²) in [5, 5.41) is 14.1. The Balaban J connectivity index is 3.36. The predicted molar refractivity (Wildman–Crippen MR) is 43.2 cm³/mol. The molecule has 0 aliphatic heterocycles. The molecular weight excluding hydrogens is 144 g/mol. The van der Waals surface area contributed by atoms with Crippen molar-refractivity contribution in [2.75, 3.05) is 20.2 Å². The number of hydrogen-bond donors (Lipinski definition) is 3. The first-order chi connectivity index (χ1) is 5.20. The van der Waals surface area contributed by atoms with Crippen LogP contribution in [0.2, 0.25) is 0 Å². The van der Waals surface area contributed by atoms with E-state index in [4.69, 9.17) is 5.11 Å². The maximum atomic E-state index is 10.9. The molecule has 0 aromatic carbocycles. The lowest BCUT2D eigenvalue weighted by Crippen LogP contribution is -2.36. The zero-order chi connectivity index (χ0) is 8.69. The van der Waals surface area contributed by atoms with Crippen molar-refractivity contribution in [3.05, 3.63) is 0 Å². The summed E-state index contributed by atoms with van der Waals surface area (Å²) in [5.74, 6) is -0.0269. The monoisotopic (exact) mass is 160 g/mol. The summed E-state index contributed by atoms with van der Waals surface area (Å²) >= 11 is 0. The van der Waals surface area contributed by atoms with Crippen molar-refractivity contribution in [1.82, 2.24) is 10.6 Å². The number of aliphatic hydroxyl groups excluding tert-OH is 1. The number of carbonyl (C=O) groups is 1. The van der Waals surface area contributed by atoms with Gasteiger partial charge in [0.1, 0.15) is 0 Å². The minimum Gasteiger partial charge on any atom is -0.394 e. The molecule has 0 rings (SSSR count). The van der Waals surface area contributed by atoms with E-state index < -0.39 is 0 Å². The van der Waals surface area contributed by atoms with Crippen LogP contribution in [0.15, 0.2) is 0 Å². The molecule has 0 aliphatic carbocycles. The van der Waals surface area contributed by atoms with Crippen LogP contribution in [0, 0.1) is 0 Å². The summed E-state index contributed by atoms with van der Waals surface area (Å²) < 4.78 is 0. The van der Waals surface area contributed by atoms with E-state index in [1.807, 2.05) is 0 Å². The lowest BCUT2D eigenvalue weighted by atomic mass is 10.3. The standard InChI is InChI=1S/C7H16N2O2/c1-6(5-10)9-7(11)3-4-8-2/h6,8,10H,3-5H2,1-2H3,(H,9,11)/t6-/m0/s1. The fraction of sp³-hybridized carbons (Fsp3) is 0.857. The van der Waals surface area contributed by atoms with Crippen molar-refractivity contribution >= 4 is 5.91 Å². The van der Waals surface area contributed by atoms with E-state index in [-0.39, 0.29) is 18.6 Å². The smallest absolute Gasteiger partial charge is 0.221 e. The third-order valence-electron chi connectivity index (χ3n) is 1.28. The number of hydrogen-bond acceptors (Lipinski definition) is 3. The second-order valence-electron chi connectivity index (χ2n) is 2.50. The molecule has 66 valence electrons. The van der Waals surface area contributed by atoms with Gasteiger partial charge < -0.3 is 15.7 Å². The highest BCUT2D eigenvalue weighted by molar-refractivity contribution is 5.76. The third kappa shape index (κ3) is 5.82. The van der Waals surface area contributed by atoms with Gasteiger partial charge in [0.2, 0.25) is 5.91 Å². The van der Waals surface area contributed by atoms with E-state index in [0.717, 1.165) is 0 Å². The summed E-state index contributed by atoms with van der Waals surface area (Å²) in [4.78, 5) is 10.9. The maximum absolute atomic E-state index is 10.9. The first-order valence-corrected chi connectivity index (χ1v) is 3.75. The Labute approximate surface area is 67.0 Å². The highest BCUT2D eigenvalue weighted by Gasteiger charge is 2.03. The average Bonchev–Trinajstić information content (AvgIpc) is 2.00. The normalized spacial score (nSPS) is 12.6. The molecule has 0 aliphatic rings. The van der Waals surface area contributed by atoms with Crippen LogP contribution >= 0.6 is 0 Å². The van der Waals surface area contributed by atoms with Gasteiger partial charge >= 0.3 is 0 Å². The molecule has 0 saturated carbocycles. The largest absolute Gasteiger partial charge is 0.394 e. The second kappa shape index (κ2) is 6.12. The van der Waals surface area contributed by atoms with Gasteiger partial charge in [0, 0.05) is 19.0 Å². The van der Waals surface area contributed by atoms with Crippen LogP contribution in [-0.4, -0.2) is 37.3 Å². The second-order valence-corrected chi connectivity index (χ2v) is 2.50. The number of amides is 1. The van der Waals surface area contributed by atoms with Crippen LogP contribution in [0.1, 0.15) is 13.3 Å². The summed E-state index contributed by atoms with van der Waals surface area (Å²) in [6, 6.07) is -0.139. The molecule has 1 amide bonds. The first-order valence-electron chi connectivity index (χ1n) is 3.75. The quantitative estimate of drug-likeness (QED) is 0.488. The maximum Gasteiger partial charge on any atom is 0.221 e. The lowest BCUT2D eigenvalue weighted by Gasteiger charge is -2.09. The molecule has 0 saturated heterocycles. The summed E-state index contributed by atoms with van der Waals surface area (Å²) in [6.45, 7) is 2.42. The van der Waals surface area contributed by atoms with Gasteiger partial charge in [-0.15, -0.1) is 0 Å². The minimum absolute atomic E-state index is 0.00864. The zero-order valence-electron chi connectivity index (χ0n) is 7.05. The molecule has 0 bridgehead atoms. The Morgan fingerprint density at radius 2 is 2.27 bits per heavy atom. The van der Waals surface area contributed by atoms with Gasteiger partial charge in [-0.2, -0.15) is 0 Å². The van der Waals surface area contributed by atoms with Crippen molar-refractivity contribution in [1.29, 1.82) is 0 Å². The van der Waals surface area contributed by atoms with Crippen LogP contribution in [0.25, 0.3) is 0 Å². The summed E-state index contributed by atoms with van der Waals surface area (Å²) in [5.41, 5.74) is 0. The molecule has 0 heterocycles. The number of nitrogens with one attached hydrogen (secondary N) is 2. The van der Waals surface area contributed by atoms with Gasteiger partial charge in [0.25, 0.3) is 0 Å². The Kier molecular flexibility index (Phi) is 5.78. The third-order valence-corrected chi connectivity index (χ3v) is 1.28. The molecule has 0 aromatic heterocycles. The molecule has 0 fully saturated rings. The lowest BCUT2D eigenvalue weighted by molar-refractivity contribution is -0.121. The van der Waals surface area contributed by atoms with Crippen LogP contribution in [0.4, 0.5) is 0 Å². The zero-order valence-corrected chi connectivity index (χ0v) is 7.05. The van der Waals surface area contributed by atoms with Crippen molar-refractivity contribution in [2.45, 2.75) is 19.4 Å². The van der Waals surface area contributed by atoms with E-state index in [1.165, 1.54) is 0 Å². The molecule has 4 heteroatoms. The Bertz CT molecular complexity index is 117. The first kappa shape index (κ1) is 10.4. The molecule has 3 N–H and O–H groups in total. The van der Waals surface area contributed by atoms with Gasteiger partial charge in [-0.1, -0.05) is 0 Å². The molecular formula is C7H16N2O2. The van der Waals surface area contributed by atoms with Crippen LogP contribution in [0.5, 0.6) is 0 Å². The molecule has 4 nitrogen and oxygen atoms in total. The highest BCUT2D eigenvalue weighted by Crippen LogP contribution is 1.81. The molecule has 0 spiro atoms. The summed E-state index contributed by atoms with van der Waals surface area (Å²) in [7, 11) is 1.79. The Hall–Kier alpha value is -0.610. The fourth-order valence-electron chi connectivity index (χ4n) is 0.631. The predicted octanol–water partition coefficient (Wildman–Crippen LogP) is -0.907. The number of carbonyl (C=O) groups excluding carboxylic acids is 1. The highest BCUT2D eigenvalue weighted by atomic mass is 16.3. The summed E-state index contributed by atoms with van der Waals surface area (Å²) in [6.07, 6.45) is 0.459. The van der Waals surface area contributed by atoms with E-state index in [1.54, 1.807) is 14.0 Å². The fourth-order valence-corrected chi connectivity index (χ4v) is 0.631. The number of aliphatic hydroxyl groups is 1. The number of rotatable bonds is 5. The topological polar surface area (TPSA) is 61.4 Å². The SMILES string of the molecule is CNCCC(=O)N[C@@H](C)CO. The molecule has 1 atom stereocenters. The van der Waals surface area contributed by atoms with Crippen molar-refractivity contribution in [2.24, 2.45) is 0 Å². The minimum atomic E-state index is -0.139. The van der Waals surface area contributed by atoms with Crippen LogP contribution < -0.4 is 10.6 Å². The van der Waals surface area contributed by atoms with Gasteiger partial charge in [0.05, 0.1) is 6.61 Å². The van der Waals surface area contributed by atoms with Crippen LogP contribution in [0.3, 0.4) is 0 Å².